The van der Waals surface area contributed by atoms with Crippen LogP contribution in [0.5, 0.6) is 0 Å². The molecule has 1 heterocycles. The summed E-state index contributed by atoms with van der Waals surface area (Å²) >= 11 is 6.56. The molecule has 0 aliphatic rings. The molecule has 0 spiro atoms. The summed E-state index contributed by atoms with van der Waals surface area (Å²) in [5.74, 6) is -0.473. The molecule has 0 amide bonds. The molecule has 16 heavy (non-hydrogen) atoms. The summed E-state index contributed by atoms with van der Waals surface area (Å²) in [5.41, 5.74) is 0.305. The number of thiazole rings is 1. The zero-order valence-electron chi connectivity index (χ0n) is 7.81. The SMILES string of the molecule is O=Cc1sc(=O)n(-c2cccc(F)c2)c1Cl. The van der Waals surface area contributed by atoms with E-state index in [1.165, 1.54) is 24.3 Å². The zero-order valence-corrected chi connectivity index (χ0v) is 9.39. The number of benzene rings is 1. The molecule has 0 aliphatic carbocycles. The average Bonchev–Trinajstić information content (AvgIpc) is 2.53. The van der Waals surface area contributed by atoms with Crippen LogP contribution in [-0.2, 0) is 0 Å². The van der Waals surface area contributed by atoms with Crippen LogP contribution in [0, 0.1) is 5.82 Å². The van der Waals surface area contributed by atoms with Crippen molar-refractivity contribution in [2.24, 2.45) is 0 Å². The largest absolute Gasteiger partial charge is 0.313 e. The van der Waals surface area contributed by atoms with Gasteiger partial charge in [-0.25, -0.2) is 4.39 Å². The minimum atomic E-state index is -0.473. The van der Waals surface area contributed by atoms with Gasteiger partial charge in [0.2, 0.25) is 0 Å². The van der Waals surface area contributed by atoms with E-state index in [0.29, 0.717) is 12.0 Å². The van der Waals surface area contributed by atoms with Gasteiger partial charge < -0.3 is 0 Å². The minimum Gasteiger partial charge on any atom is -0.297 e. The molecule has 0 fully saturated rings. The Morgan fingerprint density at radius 1 is 1.44 bits per heavy atom. The highest BCUT2D eigenvalue weighted by atomic mass is 35.5. The van der Waals surface area contributed by atoms with Crippen LogP contribution in [0.15, 0.2) is 29.1 Å². The maximum absolute atomic E-state index is 13.0. The van der Waals surface area contributed by atoms with Gasteiger partial charge in [0.15, 0.2) is 6.29 Å². The molecule has 0 atom stereocenters. The molecule has 0 aliphatic heterocycles. The molecule has 2 aromatic rings. The number of halogens is 2. The van der Waals surface area contributed by atoms with Crippen LogP contribution >= 0.6 is 22.9 Å². The summed E-state index contributed by atoms with van der Waals surface area (Å²) in [6.45, 7) is 0. The van der Waals surface area contributed by atoms with Crippen LogP contribution in [0.3, 0.4) is 0 Å². The fraction of sp³-hybridized carbons (Fsp3) is 0. The lowest BCUT2D eigenvalue weighted by atomic mass is 10.3. The second-order valence-corrected chi connectivity index (χ2v) is 4.31. The Hall–Kier alpha value is -1.46. The Bertz CT molecular complexity index is 605. The Balaban J connectivity index is 2.69. The van der Waals surface area contributed by atoms with Gasteiger partial charge in [0.05, 0.1) is 5.69 Å². The van der Waals surface area contributed by atoms with E-state index in [4.69, 9.17) is 11.6 Å². The first-order valence-corrected chi connectivity index (χ1v) is 5.45. The van der Waals surface area contributed by atoms with Gasteiger partial charge in [-0.15, -0.1) is 0 Å². The van der Waals surface area contributed by atoms with Gasteiger partial charge in [0, 0.05) is 0 Å². The molecule has 82 valence electrons. The second-order valence-electron chi connectivity index (χ2n) is 2.96. The van der Waals surface area contributed by atoms with Crippen molar-refractivity contribution >= 4 is 29.2 Å². The van der Waals surface area contributed by atoms with Crippen LogP contribution in [0.4, 0.5) is 4.39 Å². The number of hydrogen-bond acceptors (Lipinski definition) is 3. The predicted octanol–water partition coefficient (Wildman–Crippen LogP) is 2.50. The van der Waals surface area contributed by atoms with Crippen molar-refractivity contribution in [1.29, 1.82) is 0 Å². The lowest BCUT2D eigenvalue weighted by molar-refractivity contribution is 0.112. The maximum atomic E-state index is 13.0. The minimum absolute atomic E-state index is 0.00981. The van der Waals surface area contributed by atoms with Crippen LogP contribution < -0.4 is 4.87 Å². The number of carbonyl (C=O) groups excluding carboxylic acids is 1. The normalized spacial score (nSPS) is 10.4. The highest BCUT2D eigenvalue weighted by Gasteiger charge is 2.13. The number of hydrogen-bond donors (Lipinski definition) is 0. The molecular weight excluding hydrogens is 253 g/mol. The van der Waals surface area contributed by atoms with E-state index in [9.17, 15) is 14.0 Å². The van der Waals surface area contributed by atoms with Gasteiger partial charge in [-0.3, -0.25) is 14.2 Å². The molecule has 3 nitrogen and oxygen atoms in total. The van der Waals surface area contributed by atoms with Crippen molar-refractivity contribution in [3.63, 3.8) is 0 Å². The monoisotopic (exact) mass is 257 g/mol. The van der Waals surface area contributed by atoms with Crippen molar-refractivity contribution in [2.75, 3.05) is 0 Å². The van der Waals surface area contributed by atoms with E-state index in [0.717, 1.165) is 15.9 Å². The van der Waals surface area contributed by atoms with Crippen molar-refractivity contribution in [1.82, 2.24) is 4.57 Å². The summed E-state index contributed by atoms with van der Waals surface area (Å²) in [7, 11) is 0. The molecule has 0 saturated carbocycles. The molecule has 6 heteroatoms. The highest BCUT2D eigenvalue weighted by molar-refractivity contribution is 7.11. The molecule has 1 aromatic carbocycles. The molecule has 0 unspecified atom stereocenters. The number of rotatable bonds is 2. The maximum Gasteiger partial charge on any atom is 0.313 e. The van der Waals surface area contributed by atoms with Crippen molar-refractivity contribution in [3.05, 3.63) is 49.8 Å². The van der Waals surface area contributed by atoms with Crippen LogP contribution in [0.2, 0.25) is 5.15 Å². The van der Waals surface area contributed by atoms with Gasteiger partial charge >= 0.3 is 4.87 Å². The van der Waals surface area contributed by atoms with Crippen molar-refractivity contribution < 1.29 is 9.18 Å². The van der Waals surface area contributed by atoms with E-state index in [1.807, 2.05) is 0 Å². The number of nitrogens with zero attached hydrogens (tertiary/aromatic N) is 1. The quantitative estimate of drug-likeness (QED) is 0.776. The molecule has 0 saturated heterocycles. The van der Waals surface area contributed by atoms with E-state index in [-0.39, 0.29) is 10.0 Å². The molecular formula is C10H5ClFNO2S. The Morgan fingerprint density at radius 3 is 2.75 bits per heavy atom. The van der Waals surface area contributed by atoms with Crippen LogP contribution in [0.25, 0.3) is 5.69 Å². The molecule has 2 rings (SSSR count). The summed E-state index contributed by atoms with van der Waals surface area (Å²) in [5, 5.41) is 0.00981. The lowest BCUT2D eigenvalue weighted by Crippen LogP contribution is -2.10. The summed E-state index contributed by atoms with van der Waals surface area (Å²) in [6, 6.07) is 5.44. The van der Waals surface area contributed by atoms with Gasteiger partial charge in [0.1, 0.15) is 15.8 Å². The Morgan fingerprint density at radius 2 is 2.19 bits per heavy atom. The smallest absolute Gasteiger partial charge is 0.297 e. The molecule has 1 aromatic heterocycles. The third-order valence-electron chi connectivity index (χ3n) is 1.95. The standard InChI is InChI=1S/C10H5ClFNO2S/c11-9-8(5-14)16-10(15)13(9)7-3-1-2-6(12)4-7/h1-5H. The van der Waals surface area contributed by atoms with Gasteiger partial charge in [-0.2, -0.15) is 0 Å². The zero-order chi connectivity index (χ0) is 11.7. The Labute approximate surface area is 98.7 Å². The summed E-state index contributed by atoms with van der Waals surface area (Å²) in [6.07, 6.45) is 0.504. The molecule has 0 radical (unpaired) electrons. The highest BCUT2D eigenvalue weighted by Crippen LogP contribution is 2.21. The van der Waals surface area contributed by atoms with E-state index in [1.54, 1.807) is 0 Å². The van der Waals surface area contributed by atoms with E-state index >= 15 is 0 Å². The van der Waals surface area contributed by atoms with Crippen LogP contribution in [-0.4, -0.2) is 10.9 Å². The average molecular weight is 258 g/mol. The first kappa shape index (κ1) is 11.0. The second kappa shape index (κ2) is 4.19. The number of aldehydes is 1. The fourth-order valence-corrected chi connectivity index (χ4v) is 2.36. The Kier molecular flexibility index (Phi) is 2.89. The van der Waals surface area contributed by atoms with Gasteiger partial charge in [-0.1, -0.05) is 29.0 Å². The fourth-order valence-electron chi connectivity index (χ4n) is 1.28. The van der Waals surface area contributed by atoms with E-state index < -0.39 is 10.7 Å². The summed E-state index contributed by atoms with van der Waals surface area (Å²) < 4.78 is 14.1. The van der Waals surface area contributed by atoms with Gasteiger partial charge in [0.25, 0.3) is 0 Å². The summed E-state index contributed by atoms with van der Waals surface area (Å²) in [4.78, 5) is 21.9. The van der Waals surface area contributed by atoms with E-state index in [2.05, 4.69) is 0 Å². The topological polar surface area (TPSA) is 39.1 Å². The number of carbonyl (C=O) groups is 1. The third-order valence-corrected chi connectivity index (χ3v) is 3.30. The van der Waals surface area contributed by atoms with Crippen molar-refractivity contribution in [2.45, 2.75) is 0 Å². The lowest BCUT2D eigenvalue weighted by Gasteiger charge is -2.02. The van der Waals surface area contributed by atoms with Crippen molar-refractivity contribution in [3.8, 4) is 5.69 Å². The molecule has 0 N–H and O–H groups in total. The first-order valence-electron chi connectivity index (χ1n) is 4.26. The van der Waals surface area contributed by atoms with Gasteiger partial charge in [-0.05, 0) is 18.2 Å². The number of aromatic nitrogens is 1. The third kappa shape index (κ3) is 1.79. The predicted molar refractivity (Wildman–Crippen MR) is 60.3 cm³/mol. The first-order chi connectivity index (χ1) is 7.63. The molecule has 0 bridgehead atoms. The van der Waals surface area contributed by atoms with Crippen LogP contribution in [0.1, 0.15) is 9.67 Å².